The van der Waals surface area contributed by atoms with Gasteiger partial charge in [0, 0.05) is 17.6 Å². The van der Waals surface area contributed by atoms with Gasteiger partial charge >= 0.3 is 12.0 Å². The molecule has 41 heavy (non-hydrogen) atoms. The predicted octanol–water partition coefficient (Wildman–Crippen LogP) is 2.23. The molecule has 1 aliphatic heterocycles. The number of urea groups is 1. The summed E-state index contributed by atoms with van der Waals surface area (Å²) in [5.74, 6) is -2.33. The number of ether oxygens (including phenoxy) is 1. The highest BCUT2D eigenvalue weighted by atomic mass is 35.5. The number of methoxy groups -OCH3 is 1. The maximum Gasteiger partial charge on any atom is 0.328 e. The van der Waals surface area contributed by atoms with Gasteiger partial charge in [-0.3, -0.25) is 14.4 Å². The Morgan fingerprint density at radius 3 is 2.24 bits per heavy atom. The molecule has 0 bridgehead atoms. The molecule has 11 nitrogen and oxygen atoms in total. The number of hydrogen-bond acceptors (Lipinski definition) is 6. The second-order valence-electron chi connectivity index (χ2n) is 10.7. The Labute approximate surface area is 246 Å². The van der Waals surface area contributed by atoms with Gasteiger partial charge in [-0.2, -0.15) is 0 Å². The summed E-state index contributed by atoms with van der Waals surface area (Å²) >= 11 is 6.00. The van der Waals surface area contributed by atoms with E-state index in [-0.39, 0.29) is 17.7 Å². The zero-order valence-electron chi connectivity index (χ0n) is 24.3. The standard InChI is InChI=1S/C29H42ClN5O6/c1-17(2)24(34-29(40)35-25(18(3)4)28(39)41-5)27(38)33-22-8-6-7-15-31-23(36)14-13-21(32-26(22)37)16-19-9-11-20(30)12-10-19/h9-14,17-18,21-22,24-25H,6-8,15-16H2,1-5H3,(H,31,36)(H,32,37)(H,33,38)(H2,34,35,40)/b14-13+/t21-,22+,24+,25?/m1/s1. The largest absolute Gasteiger partial charge is 0.467 e. The lowest BCUT2D eigenvalue weighted by Gasteiger charge is -2.27. The summed E-state index contributed by atoms with van der Waals surface area (Å²) in [5, 5.41) is 14.3. The number of benzene rings is 1. The van der Waals surface area contributed by atoms with E-state index in [1.165, 1.54) is 13.2 Å². The molecule has 1 heterocycles. The lowest BCUT2D eigenvalue weighted by Crippen LogP contribution is -2.59. The Morgan fingerprint density at radius 1 is 1.00 bits per heavy atom. The molecule has 226 valence electrons. The van der Waals surface area contributed by atoms with Crippen LogP contribution in [0.1, 0.15) is 52.5 Å². The molecule has 5 N–H and O–H groups in total. The summed E-state index contributed by atoms with van der Waals surface area (Å²) in [6, 6.07) is 3.21. The molecule has 1 unspecified atom stereocenters. The molecule has 0 radical (unpaired) electrons. The molecule has 0 aromatic heterocycles. The van der Waals surface area contributed by atoms with Gasteiger partial charge in [0.05, 0.1) is 13.2 Å². The van der Waals surface area contributed by atoms with Crippen LogP contribution in [0.2, 0.25) is 5.02 Å². The fourth-order valence-corrected chi connectivity index (χ4v) is 4.41. The van der Waals surface area contributed by atoms with Gasteiger partial charge in [-0.1, -0.05) is 57.5 Å². The van der Waals surface area contributed by atoms with Crippen LogP contribution in [0.4, 0.5) is 4.79 Å². The lowest BCUT2D eigenvalue weighted by molar-refractivity contribution is -0.144. The topological polar surface area (TPSA) is 155 Å². The fraction of sp³-hybridized carbons (Fsp3) is 0.552. The van der Waals surface area contributed by atoms with E-state index < -0.39 is 48.0 Å². The second kappa shape index (κ2) is 16.6. The third-order valence-corrected chi connectivity index (χ3v) is 6.92. The zero-order valence-corrected chi connectivity index (χ0v) is 25.0. The zero-order chi connectivity index (χ0) is 30.5. The van der Waals surface area contributed by atoms with Gasteiger partial charge in [-0.15, -0.1) is 0 Å². The van der Waals surface area contributed by atoms with Gasteiger partial charge in [0.15, 0.2) is 0 Å². The molecule has 0 saturated carbocycles. The van der Waals surface area contributed by atoms with Crippen LogP contribution in [0.5, 0.6) is 0 Å². The smallest absolute Gasteiger partial charge is 0.328 e. The van der Waals surface area contributed by atoms with Crippen molar-refractivity contribution in [3.63, 3.8) is 0 Å². The quantitative estimate of drug-likeness (QED) is 0.277. The van der Waals surface area contributed by atoms with Gasteiger partial charge < -0.3 is 31.3 Å². The van der Waals surface area contributed by atoms with Crippen molar-refractivity contribution in [2.75, 3.05) is 13.7 Å². The monoisotopic (exact) mass is 591 g/mol. The number of carbonyl (C=O) groups excluding carboxylic acids is 5. The maximum absolute atomic E-state index is 13.4. The summed E-state index contributed by atoms with van der Waals surface area (Å²) in [4.78, 5) is 63.7. The molecule has 1 aromatic rings. The number of halogens is 1. The van der Waals surface area contributed by atoms with Crippen LogP contribution in [-0.2, 0) is 30.3 Å². The molecule has 12 heteroatoms. The van der Waals surface area contributed by atoms with E-state index >= 15 is 0 Å². The van der Waals surface area contributed by atoms with Crippen molar-refractivity contribution in [3.8, 4) is 0 Å². The summed E-state index contributed by atoms with van der Waals surface area (Å²) < 4.78 is 4.76. The van der Waals surface area contributed by atoms with Crippen LogP contribution in [-0.4, -0.2) is 67.5 Å². The predicted molar refractivity (Wildman–Crippen MR) is 156 cm³/mol. The van der Waals surface area contributed by atoms with Crippen LogP contribution < -0.4 is 26.6 Å². The summed E-state index contributed by atoms with van der Waals surface area (Å²) in [6.45, 7) is 7.49. The van der Waals surface area contributed by atoms with Crippen molar-refractivity contribution in [3.05, 3.63) is 47.0 Å². The number of esters is 1. The maximum atomic E-state index is 13.4. The van der Waals surface area contributed by atoms with E-state index in [1.54, 1.807) is 45.9 Å². The first-order valence-electron chi connectivity index (χ1n) is 13.9. The summed E-state index contributed by atoms with van der Waals surface area (Å²) in [5.41, 5.74) is 0.902. The Balaban J connectivity index is 2.18. The Kier molecular flexibility index (Phi) is 13.6. The van der Waals surface area contributed by atoms with Crippen LogP contribution >= 0.6 is 11.6 Å². The van der Waals surface area contributed by atoms with Crippen molar-refractivity contribution >= 4 is 41.3 Å². The molecule has 0 aliphatic carbocycles. The second-order valence-corrected chi connectivity index (χ2v) is 11.2. The number of rotatable bonds is 9. The minimum absolute atomic E-state index is 0.237. The minimum Gasteiger partial charge on any atom is -0.467 e. The van der Waals surface area contributed by atoms with Crippen molar-refractivity contribution in [2.45, 2.75) is 77.5 Å². The number of hydrogen-bond donors (Lipinski definition) is 5. The highest BCUT2D eigenvalue weighted by Gasteiger charge is 2.31. The Morgan fingerprint density at radius 2 is 1.63 bits per heavy atom. The molecule has 5 amide bonds. The third-order valence-electron chi connectivity index (χ3n) is 6.67. The third kappa shape index (κ3) is 11.4. The fourth-order valence-electron chi connectivity index (χ4n) is 4.29. The summed E-state index contributed by atoms with van der Waals surface area (Å²) in [7, 11) is 1.24. The molecule has 1 aromatic carbocycles. The van der Waals surface area contributed by atoms with Gasteiger partial charge in [-0.25, -0.2) is 9.59 Å². The molecule has 2 rings (SSSR count). The average molecular weight is 592 g/mol. The lowest BCUT2D eigenvalue weighted by atomic mass is 10.0. The Bertz CT molecular complexity index is 1090. The number of nitrogens with one attached hydrogen (secondary N) is 5. The van der Waals surface area contributed by atoms with Crippen molar-refractivity contribution in [2.24, 2.45) is 11.8 Å². The van der Waals surface area contributed by atoms with Gasteiger partial charge in [0.1, 0.15) is 18.1 Å². The molecule has 1 aliphatic rings. The van der Waals surface area contributed by atoms with Crippen LogP contribution in [0.25, 0.3) is 0 Å². The number of carbonyl (C=O) groups is 5. The van der Waals surface area contributed by atoms with Crippen LogP contribution in [0.3, 0.4) is 0 Å². The van der Waals surface area contributed by atoms with E-state index in [1.807, 2.05) is 12.1 Å². The van der Waals surface area contributed by atoms with Crippen molar-refractivity contribution < 1.29 is 28.7 Å². The van der Waals surface area contributed by atoms with E-state index in [0.29, 0.717) is 37.3 Å². The molecule has 0 saturated heterocycles. The van der Waals surface area contributed by atoms with Gasteiger partial charge in [0.2, 0.25) is 17.7 Å². The molecule has 0 fully saturated rings. The van der Waals surface area contributed by atoms with E-state index in [4.69, 9.17) is 16.3 Å². The minimum atomic E-state index is -0.973. The first kappa shape index (κ1) is 33.6. The van der Waals surface area contributed by atoms with Gasteiger partial charge in [0.25, 0.3) is 0 Å². The molecule has 0 spiro atoms. The highest BCUT2D eigenvalue weighted by molar-refractivity contribution is 6.30. The number of amides is 5. The van der Waals surface area contributed by atoms with E-state index in [9.17, 15) is 24.0 Å². The Hall–Kier alpha value is -3.60. The first-order chi connectivity index (χ1) is 19.4. The SMILES string of the molecule is COC(=O)C(NC(=O)N[C@H](C(=O)N[C@H]1CCCCNC(=O)/C=C/[C@H](Cc2ccc(Cl)cc2)NC1=O)C(C)C)C(C)C. The van der Waals surface area contributed by atoms with Crippen LogP contribution in [0.15, 0.2) is 36.4 Å². The highest BCUT2D eigenvalue weighted by Crippen LogP contribution is 2.13. The van der Waals surface area contributed by atoms with E-state index in [0.717, 1.165) is 5.56 Å². The normalized spacial score (nSPS) is 20.4. The van der Waals surface area contributed by atoms with Gasteiger partial charge in [-0.05, 0) is 55.2 Å². The van der Waals surface area contributed by atoms with Crippen molar-refractivity contribution in [1.82, 2.24) is 26.6 Å². The average Bonchev–Trinajstić information content (AvgIpc) is 2.92. The first-order valence-corrected chi connectivity index (χ1v) is 14.2. The molecular formula is C29H42ClN5O6. The van der Waals surface area contributed by atoms with E-state index in [2.05, 4.69) is 26.6 Å². The van der Waals surface area contributed by atoms with Crippen LogP contribution in [0, 0.1) is 11.8 Å². The molecular weight excluding hydrogens is 550 g/mol. The summed E-state index contributed by atoms with van der Waals surface area (Å²) in [6.07, 6.45) is 4.94. The van der Waals surface area contributed by atoms with Crippen molar-refractivity contribution in [1.29, 1.82) is 0 Å². The molecule has 4 atom stereocenters.